The summed E-state index contributed by atoms with van der Waals surface area (Å²) in [5.41, 5.74) is 0.799. The van der Waals surface area contributed by atoms with Crippen molar-refractivity contribution in [2.45, 2.75) is 26.3 Å². The van der Waals surface area contributed by atoms with E-state index < -0.39 is 0 Å². The van der Waals surface area contributed by atoms with Gasteiger partial charge in [-0.2, -0.15) is 0 Å². The fraction of sp³-hybridized carbons (Fsp3) is 0.375. The first-order valence-corrected chi connectivity index (χ1v) is 7.00. The highest BCUT2D eigenvalue weighted by Crippen LogP contribution is 2.31. The Morgan fingerprint density at radius 3 is 2.23 bits per heavy atom. The molecule has 0 unspecified atom stereocenters. The fourth-order valence-corrected chi connectivity index (χ4v) is 1.94. The lowest BCUT2D eigenvalue weighted by atomic mass is 10.1. The number of nitrogens with one attached hydrogen (secondary N) is 2. The molecule has 2 aromatic rings. The van der Waals surface area contributed by atoms with E-state index in [9.17, 15) is 0 Å². The minimum Gasteiger partial charge on any atom is -0.493 e. The Hall–Kier alpha value is -2.50. The normalized spacial score (nSPS) is 11.0. The van der Waals surface area contributed by atoms with Crippen LogP contribution in [0.25, 0.3) is 0 Å². The van der Waals surface area contributed by atoms with E-state index in [-0.39, 0.29) is 5.54 Å². The molecule has 1 heterocycles. The van der Waals surface area contributed by atoms with Crippen molar-refractivity contribution in [3.63, 3.8) is 0 Å². The second-order valence-corrected chi connectivity index (χ2v) is 5.86. The zero-order valence-corrected chi connectivity index (χ0v) is 13.6. The molecule has 1 aromatic carbocycles. The smallest absolute Gasteiger partial charge is 0.162 e. The number of rotatable bonds is 5. The summed E-state index contributed by atoms with van der Waals surface area (Å²) in [7, 11) is 3.22. The predicted molar refractivity (Wildman–Crippen MR) is 88.2 cm³/mol. The predicted octanol–water partition coefficient (Wildman–Crippen LogP) is 3.45. The van der Waals surface area contributed by atoms with Crippen molar-refractivity contribution in [2.75, 3.05) is 24.9 Å². The number of benzene rings is 1. The molecule has 6 heteroatoms. The highest BCUT2D eigenvalue weighted by Gasteiger charge is 2.11. The molecular formula is C16H22N4O2. The van der Waals surface area contributed by atoms with E-state index in [0.717, 1.165) is 11.5 Å². The van der Waals surface area contributed by atoms with Gasteiger partial charge < -0.3 is 20.1 Å². The van der Waals surface area contributed by atoms with Gasteiger partial charge in [0.1, 0.15) is 18.0 Å². The van der Waals surface area contributed by atoms with Crippen molar-refractivity contribution < 1.29 is 9.47 Å². The van der Waals surface area contributed by atoms with Gasteiger partial charge in [-0.25, -0.2) is 9.97 Å². The minimum absolute atomic E-state index is 0.0606. The van der Waals surface area contributed by atoms with Crippen molar-refractivity contribution in [1.29, 1.82) is 0 Å². The van der Waals surface area contributed by atoms with Crippen LogP contribution >= 0.6 is 0 Å². The third-order valence-electron chi connectivity index (χ3n) is 2.83. The zero-order chi connectivity index (χ0) is 16.2. The SMILES string of the molecule is COc1ccc(Nc2cc(NC(C)(C)C)ncn2)cc1OC. The molecule has 0 aliphatic carbocycles. The first-order chi connectivity index (χ1) is 10.4. The maximum absolute atomic E-state index is 5.29. The number of methoxy groups -OCH3 is 2. The summed E-state index contributed by atoms with van der Waals surface area (Å²) in [6.07, 6.45) is 1.52. The standard InChI is InChI=1S/C16H22N4O2/c1-16(2,3)20-15-9-14(17-10-18-15)19-11-6-7-12(21-4)13(8-11)22-5/h6-10H,1-5H3,(H2,17,18,19,20). The average Bonchev–Trinajstić information content (AvgIpc) is 2.45. The Bertz CT molecular complexity index is 638. The molecular weight excluding hydrogens is 280 g/mol. The Kier molecular flexibility index (Phi) is 4.70. The largest absolute Gasteiger partial charge is 0.493 e. The molecule has 0 aliphatic heterocycles. The Morgan fingerprint density at radius 2 is 1.59 bits per heavy atom. The van der Waals surface area contributed by atoms with E-state index in [0.29, 0.717) is 17.3 Å². The number of hydrogen-bond acceptors (Lipinski definition) is 6. The molecule has 22 heavy (non-hydrogen) atoms. The molecule has 2 rings (SSSR count). The van der Waals surface area contributed by atoms with Gasteiger partial charge in [-0.15, -0.1) is 0 Å². The maximum Gasteiger partial charge on any atom is 0.162 e. The number of aromatic nitrogens is 2. The van der Waals surface area contributed by atoms with Gasteiger partial charge in [0.05, 0.1) is 14.2 Å². The zero-order valence-electron chi connectivity index (χ0n) is 13.6. The number of nitrogens with zero attached hydrogens (tertiary/aromatic N) is 2. The summed E-state index contributed by atoms with van der Waals surface area (Å²) >= 11 is 0. The molecule has 0 saturated heterocycles. The molecule has 1 aromatic heterocycles. The van der Waals surface area contributed by atoms with Gasteiger partial charge in [0, 0.05) is 23.4 Å². The van der Waals surface area contributed by atoms with E-state index in [1.165, 1.54) is 6.33 Å². The van der Waals surface area contributed by atoms with Crippen LogP contribution in [0.2, 0.25) is 0 Å². The average molecular weight is 302 g/mol. The lowest BCUT2D eigenvalue weighted by molar-refractivity contribution is 0.355. The van der Waals surface area contributed by atoms with Crippen molar-refractivity contribution in [3.8, 4) is 11.5 Å². The summed E-state index contributed by atoms with van der Waals surface area (Å²) in [5.74, 6) is 2.82. The molecule has 0 fully saturated rings. The third kappa shape index (κ3) is 4.25. The van der Waals surface area contributed by atoms with Crippen LogP contribution in [0.15, 0.2) is 30.6 Å². The maximum atomic E-state index is 5.29. The summed E-state index contributed by atoms with van der Waals surface area (Å²) in [4.78, 5) is 8.45. The minimum atomic E-state index is -0.0606. The number of hydrogen-bond donors (Lipinski definition) is 2. The second kappa shape index (κ2) is 6.51. The van der Waals surface area contributed by atoms with Gasteiger partial charge in [0.2, 0.25) is 0 Å². The second-order valence-electron chi connectivity index (χ2n) is 5.86. The van der Waals surface area contributed by atoms with Gasteiger partial charge >= 0.3 is 0 Å². The van der Waals surface area contributed by atoms with Crippen molar-refractivity contribution in [2.24, 2.45) is 0 Å². The van der Waals surface area contributed by atoms with Crippen LogP contribution in [-0.4, -0.2) is 29.7 Å². The first-order valence-electron chi connectivity index (χ1n) is 7.00. The molecule has 0 atom stereocenters. The lowest BCUT2D eigenvalue weighted by Crippen LogP contribution is -2.26. The number of ether oxygens (including phenoxy) is 2. The molecule has 0 spiro atoms. The number of anilines is 3. The molecule has 0 saturated carbocycles. The van der Waals surface area contributed by atoms with Gasteiger partial charge in [0.25, 0.3) is 0 Å². The third-order valence-corrected chi connectivity index (χ3v) is 2.83. The fourth-order valence-electron chi connectivity index (χ4n) is 1.94. The van der Waals surface area contributed by atoms with Gasteiger partial charge in [0.15, 0.2) is 11.5 Å². The summed E-state index contributed by atoms with van der Waals surface area (Å²) in [6, 6.07) is 7.47. The molecule has 0 amide bonds. The van der Waals surface area contributed by atoms with Crippen LogP contribution in [0, 0.1) is 0 Å². The molecule has 0 radical (unpaired) electrons. The molecule has 118 valence electrons. The van der Waals surface area contributed by atoms with Crippen LogP contribution in [0.1, 0.15) is 20.8 Å². The van der Waals surface area contributed by atoms with Crippen LogP contribution in [0.5, 0.6) is 11.5 Å². The van der Waals surface area contributed by atoms with E-state index in [4.69, 9.17) is 9.47 Å². The topological polar surface area (TPSA) is 68.3 Å². The van der Waals surface area contributed by atoms with Crippen LogP contribution in [0.4, 0.5) is 17.3 Å². The van der Waals surface area contributed by atoms with Crippen molar-refractivity contribution in [3.05, 3.63) is 30.6 Å². The highest BCUT2D eigenvalue weighted by molar-refractivity contribution is 5.63. The Balaban J connectivity index is 2.18. The van der Waals surface area contributed by atoms with Gasteiger partial charge in [-0.1, -0.05) is 0 Å². The van der Waals surface area contributed by atoms with Crippen molar-refractivity contribution >= 4 is 17.3 Å². The highest BCUT2D eigenvalue weighted by atomic mass is 16.5. The van der Waals surface area contributed by atoms with Crippen LogP contribution < -0.4 is 20.1 Å². The molecule has 0 aliphatic rings. The van der Waals surface area contributed by atoms with E-state index in [2.05, 4.69) is 41.4 Å². The van der Waals surface area contributed by atoms with Crippen LogP contribution in [0.3, 0.4) is 0 Å². The molecule has 6 nitrogen and oxygen atoms in total. The Labute approximate surface area is 130 Å². The lowest BCUT2D eigenvalue weighted by Gasteiger charge is -2.21. The summed E-state index contributed by atoms with van der Waals surface area (Å²) < 4.78 is 10.5. The van der Waals surface area contributed by atoms with Gasteiger partial charge in [-0.05, 0) is 32.9 Å². The van der Waals surface area contributed by atoms with E-state index >= 15 is 0 Å². The van der Waals surface area contributed by atoms with Crippen LogP contribution in [-0.2, 0) is 0 Å². The van der Waals surface area contributed by atoms with E-state index in [1.807, 2.05) is 24.3 Å². The van der Waals surface area contributed by atoms with E-state index in [1.54, 1.807) is 14.2 Å². The molecule has 0 bridgehead atoms. The summed E-state index contributed by atoms with van der Waals surface area (Å²) in [5, 5.41) is 6.54. The summed E-state index contributed by atoms with van der Waals surface area (Å²) in [6.45, 7) is 6.24. The molecule has 2 N–H and O–H groups in total. The Morgan fingerprint density at radius 1 is 0.909 bits per heavy atom. The van der Waals surface area contributed by atoms with Crippen molar-refractivity contribution in [1.82, 2.24) is 9.97 Å². The quantitative estimate of drug-likeness (QED) is 0.881. The first kappa shape index (κ1) is 15.9. The van der Waals surface area contributed by atoms with Gasteiger partial charge in [-0.3, -0.25) is 0 Å². The monoisotopic (exact) mass is 302 g/mol.